The molecule has 0 saturated carbocycles. The van der Waals surface area contributed by atoms with Crippen LogP contribution in [-0.2, 0) is 4.74 Å². The fourth-order valence-corrected chi connectivity index (χ4v) is 1.72. The number of ether oxygens (including phenoxy) is 1. The molecule has 0 spiro atoms. The van der Waals surface area contributed by atoms with Gasteiger partial charge in [-0.25, -0.2) is 0 Å². The van der Waals surface area contributed by atoms with E-state index in [9.17, 15) is 10.2 Å². The molecule has 0 aliphatic carbocycles. The summed E-state index contributed by atoms with van der Waals surface area (Å²) >= 11 is 0. The number of hydrogen-bond acceptors (Lipinski definition) is 5. The molecule has 0 unspecified atom stereocenters. The Bertz CT molecular complexity index is 337. The lowest BCUT2D eigenvalue weighted by Gasteiger charge is -2.25. The predicted octanol–water partition coefficient (Wildman–Crippen LogP) is 0.464. The van der Waals surface area contributed by atoms with E-state index in [1.165, 1.54) is 12.1 Å². The molecule has 5 heteroatoms. The highest BCUT2D eigenvalue weighted by molar-refractivity contribution is 5.50. The van der Waals surface area contributed by atoms with Crippen LogP contribution in [0.3, 0.4) is 0 Å². The minimum atomic E-state index is -0.237. The van der Waals surface area contributed by atoms with Gasteiger partial charge in [0.15, 0.2) is 0 Å². The number of hydrogen-bond donors (Lipinski definition) is 4. The van der Waals surface area contributed by atoms with E-state index >= 15 is 0 Å². The van der Waals surface area contributed by atoms with Crippen molar-refractivity contribution in [2.45, 2.75) is 6.04 Å². The fourth-order valence-electron chi connectivity index (χ4n) is 1.72. The normalized spacial score (nSPS) is 21.5. The van der Waals surface area contributed by atoms with E-state index in [-0.39, 0.29) is 23.3 Å². The quantitative estimate of drug-likeness (QED) is 0.542. The summed E-state index contributed by atoms with van der Waals surface area (Å²) in [5.41, 5.74) is 0.368. The van der Waals surface area contributed by atoms with Gasteiger partial charge >= 0.3 is 0 Å². The highest BCUT2D eigenvalue weighted by atomic mass is 16.5. The molecule has 0 radical (unpaired) electrons. The summed E-state index contributed by atoms with van der Waals surface area (Å²) in [5.74, 6) is -0.420. The first-order valence-electron chi connectivity index (χ1n) is 4.74. The standard InChI is InChI=1S/C10H13NO4/c12-6-3-8(13)10(9(14)4-6)7-5-15-2-1-11-7/h3-4,7,11-14H,1-2,5H2/t7-/m0/s1. The van der Waals surface area contributed by atoms with E-state index in [0.29, 0.717) is 25.3 Å². The van der Waals surface area contributed by atoms with Crippen LogP contribution in [0.5, 0.6) is 17.2 Å². The SMILES string of the molecule is Oc1cc(O)c([C@@H]2COCCN2)c(O)c1. The Morgan fingerprint density at radius 3 is 2.40 bits per heavy atom. The molecule has 2 rings (SSSR count). The number of morpholine rings is 1. The molecule has 1 atom stereocenters. The molecule has 15 heavy (non-hydrogen) atoms. The van der Waals surface area contributed by atoms with E-state index in [1.54, 1.807) is 0 Å². The third-order valence-electron chi connectivity index (χ3n) is 2.39. The summed E-state index contributed by atoms with van der Waals surface area (Å²) < 4.78 is 5.23. The van der Waals surface area contributed by atoms with Crippen molar-refractivity contribution in [1.82, 2.24) is 5.32 Å². The Kier molecular flexibility index (Phi) is 2.66. The average molecular weight is 211 g/mol. The van der Waals surface area contributed by atoms with Crippen molar-refractivity contribution in [2.24, 2.45) is 0 Å². The zero-order chi connectivity index (χ0) is 10.8. The molecule has 4 N–H and O–H groups in total. The summed E-state index contributed by atoms with van der Waals surface area (Å²) in [6.45, 7) is 1.69. The zero-order valence-electron chi connectivity index (χ0n) is 8.10. The molecule has 1 saturated heterocycles. The Balaban J connectivity index is 2.33. The van der Waals surface area contributed by atoms with Crippen LogP contribution >= 0.6 is 0 Å². The average Bonchev–Trinajstić information content (AvgIpc) is 2.17. The molecule has 5 nitrogen and oxygen atoms in total. The Morgan fingerprint density at radius 2 is 1.87 bits per heavy atom. The molecule has 1 aromatic rings. The van der Waals surface area contributed by atoms with Gasteiger partial charge in [-0.3, -0.25) is 0 Å². The lowest BCUT2D eigenvalue weighted by atomic mass is 10.0. The molecule has 1 heterocycles. The summed E-state index contributed by atoms with van der Waals surface area (Å²) in [6, 6.07) is 2.16. The van der Waals surface area contributed by atoms with Gasteiger partial charge in [0, 0.05) is 18.7 Å². The minimum absolute atomic E-state index is 0.129. The summed E-state index contributed by atoms with van der Waals surface area (Å²) in [4.78, 5) is 0. The van der Waals surface area contributed by atoms with Gasteiger partial charge in [-0.1, -0.05) is 0 Å². The summed E-state index contributed by atoms with van der Waals surface area (Å²) in [6.07, 6.45) is 0. The third kappa shape index (κ3) is 1.98. The molecule has 0 aromatic heterocycles. The minimum Gasteiger partial charge on any atom is -0.508 e. The number of phenols is 3. The topological polar surface area (TPSA) is 82.0 Å². The van der Waals surface area contributed by atoms with Crippen molar-refractivity contribution < 1.29 is 20.1 Å². The highest BCUT2D eigenvalue weighted by Crippen LogP contribution is 2.36. The van der Waals surface area contributed by atoms with E-state index in [1.807, 2.05) is 0 Å². The van der Waals surface area contributed by atoms with Crippen molar-refractivity contribution in [3.05, 3.63) is 17.7 Å². The number of nitrogens with one attached hydrogen (secondary N) is 1. The number of benzene rings is 1. The second kappa shape index (κ2) is 3.96. The smallest absolute Gasteiger partial charge is 0.127 e. The van der Waals surface area contributed by atoms with Crippen molar-refractivity contribution >= 4 is 0 Å². The number of phenolic OH excluding ortho intramolecular Hbond substituents is 3. The lowest BCUT2D eigenvalue weighted by Crippen LogP contribution is -2.34. The summed E-state index contributed by atoms with van der Waals surface area (Å²) in [7, 11) is 0. The molecular formula is C10H13NO4. The molecular weight excluding hydrogens is 198 g/mol. The van der Waals surface area contributed by atoms with Gasteiger partial charge in [0.25, 0.3) is 0 Å². The van der Waals surface area contributed by atoms with Crippen molar-refractivity contribution in [2.75, 3.05) is 19.8 Å². The van der Waals surface area contributed by atoms with Gasteiger partial charge in [0.2, 0.25) is 0 Å². The first kappa shape index (κ1) is 10.1. The van der Waals surface area contributed by atoms with Gasteiger partial charge in [0.05, 0.1) is 24.8 Å². The second-order valence-electron chi connectivity index (χ2n) is 3.48. The van der Waals surface area contributed by atoms with E-state index < -0.39 is 0 Å². The van der Waals surface area contributed by atoms with E-state index in [0.717, 1.165) is 0 Å². The second-order valence-corrected chi connectivity index (χ2v) is 3.48. The Morgan fingerprint density at radius 1 is 1.20 bits per heavy atom. The van der Waals surface area contributed by atoms with Crippen molar-refractivity contribution in [3.63, 3.8) is 0 Å². The molecule has 1 fully saturated rings. The first-order chi connectivity index (χ1) is 7.18. The number of aromatic hydroxyl groups is 3. The molecule has 1 aromatic carbocycles. The van der Waals surface area contributed by atoms with Crippen LogP contribution in [-0.4, -0.2) is 35.1 Å². The lowest BCUT2D eigenvalue weighted by molar-refractivity contribution is 0.0752. The molecule has 82 valence electrons. The largest absolute Gasteiger partial charge is 0.508 e. The van der Waals surface area contributed by atoms with Gasteiger partial charge < -0.3 is 25.4 Å². The van der Waals surface area contributed by atoms with Gasteiger partial charge in [0.1, 0.15) is 17.2 Å². The maximum atomic E-state index is 9.61. The van der Waals surface area contributed by atoms with Crippen LogP contribution in [0.15, 0.2) is 12.1 Å². The maximum absolute atomic E-state index is 9.61. The number of rotatable bonds is 1. The van der Waals surface area contributed by atoms with Crippen LogP contribution in [0.4, 0.5) is 0 Å². The maximum Gasteiger partial charge on any atom is 0.127 e. The Hall–Kier alpha value is -1.46. The Labute approximate surface area is 86.9 Å². The van der Waals surface area contributed by atoms with Crippen LogP contribution < -0.4 is 5.32 Å². The monoisotopic (exact) mass is 211 g/mol. The molecule has 0 bridgehead atoms. The zero-order valence-corrected chi connectivity index (χ0v) is 8.10. The van der Waals surface area contributed by atoms with E-state index in [2.05, 4.69) is 5.32 Å². The van der Waals surface area contributed by atoms with Crippen LogP contribution in [0.2, 0.25) is 0 Å². The third-order valence-corrected chi connectivity index (χ3v) is 2.39. The van der Waals surface area contributed by atoms with Gasteiger partial charge in [-0.15, -0.1) is 0 Å². The fraction of sp³-hybridized carbons (Fsp3) is 0.400. The molecule has 1 aliphatic rings. The van der Waals surface area contributed by atoms with Crippen molar-refractivity contribution in [3.8, 4) is 17.2 Å². The van der Waals surface area contributed by atoms with Crippen molar-refractivity contribution in [1.29, 1.82) is 0 Å². The van der Waals surface area contributed by atoms with Crippen LogP contribution in [0.25, 0.3) is 0 Å². The first-order valence-corrected chi connectivity index (χ1v) is 4.74. The van der Waals surface area contributed by atoms with E-state index in [4.69, 9.17) is 9.84 Å². The highest BCUT2D eigenvalue weighted by Gasteiger charge is 2.22. The summed E-state index contributed by atoms with van der Waals surface area (Å²) in [5, 5.41) is 31.5. The molecule has 1 aliphatic heterocycles. The van der Waals surface area contributed by atoms with Gasteiger partial charge in [-0.2, -0.15) is 0 Å². The van der Waals surface area contributed by atoms with Crippen LogP contribution in [0.1, 0.15) is 11.6 Å². The van der Waals surface area contributed by atoms with Gasteiger partial charge in [-0.05, 0) is 0 Å². The van der Waals surface area contributed by atoms with Crippen LogP contribution in [0, 0.1) is 0 Å². The molecule has 0 amide bonds. The predicted molar refractivity (Wildman–Crippen MR) is 53.0 cm³/mol.